The number of rotatable bonds is 4. The zero-order valence-corrected chi connectivity index (χ0v) is 14.2. The van der Waals surface area contributed by atoms with Gasteiger partial charge in [0.2, 0.25) is 0 Å². The minimum absolute atomic E-state index is 0.150. The fourth-order valence-electron chi connectivity index (χ4n) is 2.24. The molecule has 0 atom stereocenters. The SMILES string of the molecule is O=C(Nc1ccccc1)c1ccc(NC(=S)Nc2ccccc2)cc1. The van der Waals surface area contributed by atoms with Crippen LogP contribution < -0.4 is 16.0 Å². The monoisotopic (exact) mass is 347 g/mol. The second-order valence-corrected chi connectivity index (χ2v) is 5.75. The summed E-state index contributed by atoms with van der Waals surface area (Å²) in [7, 11) is 0. The van der Waals surface area contributed by atoms with Crippen molar-refractivity contribution >= 4 is 40.3 Å². The van der Waals surface area contributed by atoms with Crippen LogP contribution in [0.3, 0.4) is 0 Å². The maximum absolute atomic E-state index is 12.2. The van der Waals surface area contributed by atoms with Crippen molar-refractivity contribution in [1.82, 2.24) is 0 Å². The van der Waals surface area contributed by atoms with Crippen LogP contribution in [0.1, 0.15) is 10.4 Å². The molecular weight excluding hydrogens is 330 g/mol. The molecule has 4 nitrogen and oxygen atoms in total. The predicted octanol–water partition coefficient (Wildman–Crippen LogP) is 4.75. The number of nitrogens with one attached hydrogen (secondary N) is 3. The van der Waals surface area contributed by atoms with Gasteiger partial charge in [-0.05, 0) is 60.7 Å². The van der Waals surface area contributed by atoms with Crippen molar-refractivity contribution in [2.24, 2.45) is 0 Å². The van der Waals surface area contributed by atoms with Crippen LogP contribution in [-0.4, -0.2) is 11.0 Å². The minimum atomic E-state index is -0.150. The van der Waals surface area contributed by atoms with E-state index in [-0.39, 0.29) is 5.91 Å². The highest BCUT2D eigenvalue weighted by Crippen LogP contribution is 2.13. The Labute approximate surface area is 151 Å². The van der Waals surface area contributed by atoms with Gasteiger partial charge >= 0.3 is 0 Å². The van der Waals surface area contributed by atoms with Crippen LogP contribution in [0.25, 0.3) is 0 Å². The molecule has 0 aliphatic carbocycles. The predicted molar refractivity (Wildman–Crippen MR) is 107 cm³/mol. The summed E-state index contributed by atoms with van der Waals surface area (Å²) in [6.45, 7) is 0. The highest BCUT2D eigenvalue weighted by Gasteiger charge is 2.06. The van der Waals surface area contributed by atoms with Gasteiger partial charge in [0, 0.05) is 22.6 Å². The Morgan fingerprint density at radius 2 is 1.04 bits per heavy atom. The molecule has 0 aliphatic rings. The summed E-state index contributed by atoms with van der Waals surface area (Å²) in [6.07, 6.45) is 0. The third-order valence-corrected chi connectivity index (χ3v) is 3.67. The van der Waals surface area contributed by atoms with Gasteiger partial charge in [0.1, 0.15) is 0 Å². The van der Waals surface area contributed by atoms with E-state index in [0.29, 0.717) is 10.7 Å². The van der Waals surface area contributed by atoms with E-state index in [1.807, 2.05) is 72.8 Å². The Bertz CT molecular complexity index is 849. The average molecular weight is 347 g/mol. The summed E-state index contributed by atoms with van der Waals surface area (Å²) in [5, 5.41) is 9.54. The molecule has 5 heteroatoms. The van der Waals surface area contributed by atoms with Gasteiger partial charge in [-0.1, -0.05) is 36.4 Å². The summed E-state index contributed by atoms with van der Waals surface area (Å²) in [5.41, 5.74) is 3.07. The smallest absolute Gasteiger partial charge is 0.255 e. The number of anilines is 3. The van der Waals surface area contributed by atoms with E-state index in [0.717, 1.165) is 17.1 Å². The first-order valence-corrected chi connectivity index (χ1v) is 8.21. The van der Waals surface area contributed by atoms with Crippen molar-refractivity contribution in [2.45, 2.75) is 0 Å². The van der Waals surface area contributed by atoms with Crippen LogP contribution in [-0.2, 0) is 0 Å². The molecule has 3 rings (SSSR count). The summed E-state index contributed by atoms with van der Waals surface area (Å²) in [6, 6.07) is 26.2. The zero-order chi connectivity index (χ0) is 17.5. The number of hydrogen-bond donors (Lipinski definition) is 3. The first-order chi connectivity index (χ1) is 12.2. The van der Waals surface area contributed by atoms with Crippen molar-refractivity contribution in [1.29, 1.82) is 0 Å². The van der Waals surface area contributed by atoms with Gasteiger partial charge in [0.05, 0.1) is 0 Å². The maximum atomic E-state index is 12.2. The molecule has 0 aromatic heterocycles. The fourth-order valence-corrected chi connectivity index (χ4v) is 2.48. The molecular formula is C20H17N3OS. The molecule has 3 N–H and O–H groups in total. The van der Waals surface area contributed by atoms with E-state index in [2.05, 4.69) is 16.0 Å². The number of hydrogen-bond acceptors (Lipinski definition) is 2. The van der Waals surface area contributed by atoms with Crippen LogP contribution in [0.15, 0.2) is 84.9 Å². The molecule has 1 amide bonds. The fraction of sp³-hybridized carbons (Fsp3) is 0. The number of benzene rings is 3. The van der Waals surface area contributed by atoms with Crippen molar-refractivity contribution in [2.75, 3.05) is 16.0 Å². The number of para-hydroxylation sites is 2. The van der Waals surface area contributed by atoms with E-state index >= 15 is 0 Å². The molecule has 0 unspecified atom stereocenters. The second-order valence-electron chi connectivity index (χ2n) is 5.34. The van der Waals surface area contributed by atoms with Gasteiger partial charge in [-0.15, -0.1) is 0 Å². The molecule has 25 heavy (non-hydrogen) atoms. The lowest BCUT2D eigenvalue weighted by atomic mass is 10.2. The quantitative estimate of drug-likeness (QED) is 0.596. The third-order valence-electron chi connectivity index (χ3n) is 3.47. The van der Waals surface area contributed by atoms with Gasteiger partial charge in [0.25, 0.3) is 5.91 Å². The summed E-state index contributed by atoms with van der Waals surface area (Å²) in [4.78, 5) is 12.2. The molecule has 0 fully saturated rings. The van der Waals surface area contributed by atoms with E-state index in [4.69, 9.17) is 12.2 Å². The second kappa shape index (κ2) is 8.08. The summed E-state index contributed by atoms with van der Waals surface area (Å²) in [5.74, 6) is -0.150. The van der Waals surface area contributed by atoms with Crippen molar-refractivity contribution in [3.8, 4) is 0 Å². The van der Waals surface area contributed by atoms with Crippen molar-refractivity contribution < 1.29 is 4.79 Å². The van der Waals surface area contributed by atoms with Crippen molar-refractivity contribution in [3.63, 3.8) is 0 Å². The standard InChI is InChI=1S/C20H17N3OS/c24-19(21-16-7-3-1-4-8-16)15-11-13-18(14-12-15)23-20(25)22-17-9-5-2-6-10-17/h1-14H,(H,21,24)(H2,22,23,25). The highest BCUT2D eigenvalue weighted by atomic mass is 32.1. The average Bonchev–Trinajstić information content (AvgIpc) is 2.64. The largest absolute Gasteiger partial charge is 0.332 e. The number of amides is 1. The van der Waals surface area contributed by atoms with Crippen LogP contribution in [0.5, 0.6) is 0 Å². The van der Waals surface area contributed by atoms with E-state index in [1.165, 1.54) is 0 Å². The van der Waals surface area contributed by atoms with E-state index in [9.17, 15) is 4.79 Å². The highest BCUT2D eigenvalue weighted by molar-refractivity contribution is 7.80. The lowest BCUT2D eigenvalue weighted by Crippen LogP contribution is -2.19. The summed E-state index contributed by atoms with van der Waals surface area (Å²) >= 11 is 5.29. The van der Waals surface area contributed by atoms with Crippen LogP contribution in [0.4, 0.5) is 17.1 Å². The van der Waals surface area contributed by atoms with E-state index < -0.39 is 0 Å². The van der Waals surface area contributed by atoms with Gasteiger partial charge < -0.3 is 16.0 Å². The first kappa shape index (κ1) is 16.7. The Morgan fingerprint density at radius 3 is 1.56 bits per heavy atom. The molecule has 0 heterocycles. The molecule has 0 spiro atoms. The van der Waals surface area contributed by atoms with Gasteiger partial charge in [-0.3, -0.25) is 4.79 Å². The maximum Gasteiger partial charge on any atom is 0.255 e. The van der Waals surface area contributed by atoms with Crippen LogP contribution >= 0.6 is 12.2 Å². The van der Waals surface area contributed by atoms with Gasteiger partial charge in [-0.25, -0.2) is 0 Å². The molecule has 3 aromatic rings. The summed E-state index contributed by atoms with van der Waals surface area (Å²) < 4.78 is 0. The molecule has 0 radical (unpaired) electrons. The molecule has 0 saturated heterocycles. The Morgan fingerprint density at radius 1 is 0.600 bits per heavy atom. The van der Waals surface area contributed by atoms with Gasteiger partial charge in [-0.2, -0.15) is 0 Å². The zero-order valence-electron chi connectivity index (χ0n) is 13.4. The van der Waals surface area contributed by atoms with Crippen LogP contribution in [0.2, 0.25) is 0 Å². The molecule has 0 bridgehead atoms. The van der Waals surface area contributed by atoms with Gasteiger partial charge in [0.15, 0.2) is 5.11 Å². The lowest BCUT2D eigenvalue weighted by Gasteiger charge is -2.11. The minimum Gasteiger partial charge on any atom is -0.332 e. The molecule has 124 valence electrons. The van der Waals surface area contributed by atoms with Crippen molar-refractivity contribution in [3.05, 3.63) is 90.5 Å². The Balaban J connectivity index is 1.58. The Kier molecular flexibility index (Phi) is 5.39. The number of carbonyl (C=O) groups is 1. The normalized spacial score (nSPS) is 9.92. The third kappa shape index (κ3) is 4.89. The Hall–Kier alpha value is -3.18. The number of thiocarbonyl (C=S) groups is 1. The topological polar surface area (TPSA) is 53.2 Å². The molecule has 0 saturated carbocycles. The van der Waals surface area contributed by atoms with E-state index in [1.54, 1.807) is 12.1 Å². The molecule has 0 aliphatic heterocycles. The van der Waals surface area contributed by atoms with Crippen LogP contribution in [0, 0.1) is 0 Å². The molecule has 3 aromatic carbocycles. The lowest BCUT2D eigenvalue weighted by molar-refractivity contribution is 0.102. The number of carbonyl (C=O) groups excluding carboxylic acids is 1. The first-order valence-electron chi connectivity index (χ1n) is 7.80.